The fourth-order valence-electron chi connectivity index (χ4n) is 2.18. The molecule has 0 fully saturated rings. The van der Waals surface area contributed by atoms with Crippen LogP contribution in [0.25, 0.3) is 10.9 Å². The minimum absolute atomic E-state index is 0.116. The lowest BCUT2D eigenvalue weighted by Gasteiger charge is -2.08. The maximum Gasteiger partial charge on any atom is 0.308 e. The van der Waals surface area contributed by atoms with Gasteiger partial charge < -0.3 is 10.1 Å². The van der Waals surface area contributed by atoms with Gasteiger partial charge in [0.2, 0.25) is 0 Å². The average molecular weight is 276 g/mol. The summed E-state index contributed by atoms with van der Waals surface area (Å²) in [6.07, 6.45) is -0.418. The molecule has 0 unspecified atom stereocenters. The van der Waals surface area contributed by atoms with Crippen molar-refractivity contribution in [3.63, 3.8) is 0 Å². The summed E-state index contributed by atoms with van der Waals surface area (Å²) in [5.74, 6) is -1.12. The Morgan fingerprint density at radius 1 is 1.40 bits per heavy atom. The molecule has 0 aliphatic heterocycles. The highest BCUT2D eigenvalue weighted by molar-refractivity contribution is 5.86. The number of non-ortho nitro benzene ring substituents is 1. The quantitative estimate of drug-likeness (QED) is 0.654. The Labute approximate surface area is 113 Å². The summed E-state index contributed by atoms with van der Waals surface area (Å²) in [6.45, 7) is 3.27. The number of rotatable bonds is 3. The Bertz CT molecular complexity index is 791. The molecule has 1 aromatic carbocycles. The number of aromatic amines is 1. The summed E-state index contributed by atoms with van der Waals surface area (Å²) in [5, 5.41) is 19.8. The molecule has 7 nitrogen and oxygen atoms in total. The van der Waals surface area contributed by atoms with E-state index in [1.54, 1.807) is 13.8 Å². The highest BCUT2D eigenvalue weighted by Crippen LogP contribution is 2.22. The van der Waals surface area contributed by atoms with Crippen LogP contribution in [0.4, 0.5) is 5.69 Å². The zero-order valence-electron chi connectivity index (χ0n) is 10.9. The third-order valence-electron chi connectivity index (χ3n) is 3.14. The molecular formula is C13H12N2O5. The van der Waals surface area contributed by atoms with Gasteiger partial charge in [-0.2, -0.15) is 0 Å². The number of carbonyl (C=O) groups is 1. The number of nitro groups is 1. The number of aliphatic carboxylic acids is 1. The maximum atomic E-state index is 12.3. The third kappa shape index (κ3) is 2.25. The van der Waals surface area contributed by atoms with Crippen LogP contribution in [0.1, 0.15) is 16.8 Å². The summed E-state index contributed by atoms with van der Waals surface area (Å²) < 4.78 is 0. The number of pyridine rings is 1. The number of nitrogens with one attached hydrogen (secondary N) is 1. The highest BCUT2D eigenvalue weighted by atomic mass is 16.6. The Morgan fingerprint density at radius 3 is 2.60 bits per heavy atom. The van der Waals surface area contributed by atoms with Gasteiger partial charge in [0.15, 0.2) is 5.43 Å². The zero-order valence-corrected chi connectivity index (χ0v) is 10.9. The number of aromatic nitrogens is 1. The molecule has 0 aliphatic rings. The number of H-pyrrole nitrogens is 1. The van der Waals surface area contributed by atoms with Crippen LogP contribution < -0.4 is 5.43 Å². The molecule has 104 valence electrons. The van der Waals surface area contributed by atoms with Crippen LogP contribution in [0.5, 0.6) is 0 Å². The van der Waals surface area contributed by atoms with Crippen LogP contribution in [0.3, 0.4) is 0 Å². The van der Waals surface area contributed by atoms with E-state index in [1.165, 1.54) is 12.1 Å². The summed E-state index contributed by atoms with van der Waals surface area (Å²) in [7, 11) is 0. The predicted molar refractivity (Wildman–Crippen MR) is 72.0 cm³/mol. The molecule has 1 heterocycles. The number of nitro benzene ring substituents is 1. The SMILES string of the molecule is Cc1[nH]c2c(C)cc([N+](=O)[O-])cc2c(=O)c1CC(=O)O. The molecule has 1 aromatic heterocycles. The first kappa shape index (κ1) is 13.7. The first-order chi connectivity index (χ1) is 9.31. The second-order valence-electron chi connectivity index (χ2n) is 4.57. The molecule has 20 heavy (non-hydrogen) atoms. The second kappa shape index (κ2) is 4.76. The van der Waals surface area contributed by atoms with E-state index in [0.717, 1.165) is 0 Å². The predicted octanol–water partition coefficient (Wildman–Crippen LogP) is 1.68. The second-order valence-corrected chi connectivity index (χ2v) is 4.57. The van der Waals surface area contributed by atoms with Gasteiger partial charge in [-0.25, -0.2) is 0 Å². The molecule has 0 spiro atoms. The summed E-state index contributed by atoms with van der Waals surface area (Å²) >= 11 is 0. The summed E-state index contributed by atoms with van der Waals surface area (Å²) in [6, 6.07) is 2.54. The molecule has 7 heteroatoms. The van der Waals surface area contributed by atoms with Gasteiger partial charge in [0, 0.05) is 23.4 Å². The molecular weight excluding hydrogens is 264 g/mol. The van der Waals surface area contributed by atoms with E-state index in [0.29, 0.717) is 16.8 Å². The molecule has 0 amide bonds. The van der Waals surface area contributed by atoms with E-state index in [-0.39, 0.29) is 16.6 Å². The molecule has 0 bridgehead atoms. The van der Waals surface area contributed by atoms with Crippen LogP contribution in [-0.2, 0) is 11.2 Å². The van der Waals surface area contributed by atoms with Crippen LogP contribution in [0.15, 0.2) is 16.9 Å². The van der Waals surface area contributed by atoms with Crippen molar-refractivity contribution in [2.45, 2.75) is 20.3 Å². The lowest BCUT2D eigenvalue weighted by molar-refractivity contribution is -0.384. The largest absolute Gasteiger partial charge is 0.481 e. The normalized spacial score (nSPS) is 10.7. The van der Waals surface area contributed by atoms with Gasteiger partial charge in [-0.05, 0) is 19.4 Å². The van der Waals surface area contributed by atoms with Crippen molar-refractivity contribution >= 4 is 22.6 Å². The van der Waals surface area contributed by atoms with E-state index in [1.807, 2.05) is 0 Å². The fraction of sp³-hybridized carbons (Fsp3) is 0.231. The molecule has 0 atom stereocenters. The van der Waals surface area contributed by atoms with Crippen molar-refractivity contribution in [1.82, 2.24) is 4.98 Å². The van der Waals surface area contributed by atoms with Crippen molar-refractivity contribution in [2.24, 2.45) is 0 Å². The minimum Gasteiger partial charge on any atom is -0.481 e. The lowest BCUT2D eigenvalue weighted by Crippen LogP contribution is -2.17. The van der Waals surface area contributed by atoms with E-state index in [9.17, 15) is 19.7 Å². The van der Waals surface area contributed by atoms with Crippen LogP contribution in [-0.4, -0.2) is 21.0 Å². The van der Waals surface area contributed by atoms with Crippen molar-refractivity contribution in [2.75, 3.05) is 0 Å². The van der Waals surface area contributed by atoms with Gasteiger partial charge in [0.25, 0.3) is 5.69 Å². The molecule has 2 aromatic rings. The molecule has 2 rings (SSSR count). The maximum absolute atomic E-state index is 12.3. The lowest BCUT2D eigenvalue weighted by atomic mass is 10.0. The van der Waals surface area contributed by atoms with Crippen LogP contribution >= 0.6 is 0 Å². The number of benzene rings is 1. The van der Waals surface area contributed by atoms with Crippen molar-refractivity contribution < 1.29 is 14.8 Å². The number of carboxylic acids is 1. The van der Waals surface area contributed by atoms with Gasteiger partial charge in [-0.3, -0.25) is 19.7 Å². The Hall–Kier alpha value is -2.70. The van der Waals surface area contributed by atoms with E-state index >= 15 is 0 Å². The van der Waals surface area contributed by atoms with E-state index in [4.69, 9.17) is 5.11 Å². The number of carboxylic acid groups (broad SMARTS) is 1. The number of fused-ring (bicyclic) bond motifs is 1. The smallest absolute Gasteiger partial charge is 0.308 e. The topological polar surface area (TPSA) is 113 Å². The van der Waals surface area contributed by atoms with E-state index < -0.39 is 22.7 Å². The van der Waals surface area contributed by atoms with Gasteiger partial charge in [-0.15, -0.1) is 0 Å². The van der Waals surface area contributed by atoms with Gasteiger partial charge in [0.1, 0.15) is 0 Å². The first-order valence-electron chi connectivity index (χ1n) is 5.83. The Kier molecular flexibility index (Phi) is 3.27. The van der Waals surface area contributed by atoms with Gasteiger partial charge >= 0.3 is 5.97 Å². The number of hydrogen-bond donors (Lipinski definition) is 2. The zero-order chi connectivity index (χ0) is 15.0. The highest BCUT2D eigenvalue weighted by Gasteiger charge is 2.17. The minimum atomic E-state index is -1.12. The number of hydrogen-bond acceptors (Lipinski definition) is 4. The van der Waals surface area contributed by atoms with Crippen LogP contribution in [0, 0.1) is 24.0 Å². The van der Waals surface area contributed by atoms with Crippen molar-refractivity contribution in [3.8, 4) is 0 Å². The molecule has 0 saturated carbocycles. The molecule has 2 N–H and O–H groups in total. The van der Waals surface area contributed by atoms with Crippen molar-refractivity contribution in [1.29, 1.82) is 0 Å². The van der Waals surface area contributed by atoms with Crippen molar-refractivity contribution in [3.05, 3.63) is 49.3 Å². The molecule has 0 saturated heterocycles. The Balaban J connectivity index is 2.85. The standard InChI is InChI=1S/C13H12N2O5/c1-6-3-8(15(19)20)4-10-12(6)14-7(2)9(13(10)18)5-11(16)17/h3-4H,5H2,1-2H3,(H,14,18)(H,16,17). The molecule has 0 radical (unpaired) electrons. The molecule has 0 aliphatic carbocycles. The van der Waals surface area contributed by atoms with Gasteiger partial charge in [-0.1, -0.05) is 0 Å². The fourth-order valence-corrected chi connectivity index (χ4v) is 2.18. The third-order valence-corrected chi connectivity index (χ3v) is 3.14. The summed E-state index contributed by atoms with van der Waals surface area (Å²) in [5.41, 5.74) is 0.964. The summed E-state index contributed by atoms with van der Waals surface area (Å²) in [4.78, 5) is 36.3. The Morgan fingerprint density at radius 2 is 2.05 bits per heavy atom. The van der Waals surface area contributed by atoms with E-state index in [2.05, 4.69) is 4.98 Å². The average Bonchev–Trinajstić information content (AvgIpc) is 2.35. The number of aryl methyl sites for hydroxylation is 2. The first-order valence-corrected chi connectivity index (χ1v) is 5.83. The monoisotopic (exact) mass is 276 g/mol. The number of nitrogens with zero attached hydrogens (tertiary/aromatic N) is 1. The van der Waals surface area contributed by atoms with Gasteiger partial charge in [0.05, 0.1) is 22.2 Å². The van der Waals surface area contributed by atoms with Crippen LogP contribution in [0.2, 0.25) is 0 Å².